The largest absolute Gasteiger partial charge is 0.447 e. The van der Waals surface area contributed by atoms with E-state index in [0.717, 1.165) is 5.56 Å². The zero-order valence-electron chi connectivity index (χ0n) is 14.4. The van der Waals surface area contributed by atoms with Gasteiger partial charge in [0.05, 0.1) is 0 Å². The van der Waals surface area contributed by atoms with Gasteiger partial charge in [0, 0.05) is 11.9 Å². The molecule has 9 heteroatoms. The number of carbonyl (C=O) groups excluding carboxylic acids is 3. The first-order valence-electron chi connectivity index (χ1n) is 7.91. The lowest BCUT2D eigenvalue weighted by Crippen LogP contribution is -2.45. The second-order valence-corrected chi connectivity index (χ2v) is 6.66. The zero-order chi connectivity index (χ0) is 19.1. The molecular formula is C17H20N4O4S. The summed E-state index contributed by atoms with van der Waals surface area (Å²) in [4.78, 5) is 39.1. The van der Waals surface area contributed by atoms with Crippen molar-refractivity contribution in [2.45, 2.75) is 26.5 Å². The van der Waals surface area contributed by atoms with Gasteiger partial charge in [-0.3, -0.25) is 10.1 Å². The standard InChI is InChI=1S/C17H20N4O4S/c1-10(2)13(14(22)21-16(18)24)25-15(23)12-9-26-17(20-12)19-8-11-6-4-3-5-7-11/h3-7,9-10,13H,8H2,1-2H3,(H,19,20)(H3,18,21,22,24). The van der Waals surface area contributed by atoms with Crippen molar-refractivity contribution in [2.24, 2.45) is 11.7 Å². The molecule has 1 atom stereocenters. The molecule has 0 aliphatic rings. The summed E-state index contributed by atoms with van der Waals surface area (Å²) in [6.45, 7) is 3.94. The molecule has 0 bridgehead atoms. The molecule has 0 saturated carbocycles. The Morgan fingerprint density at radius 1 is 1.23 bits per heavy atom. The molecule has 138 valence electrons. The number of amides is 3. The number of ether oxygens (including phenoxy) is 1. The molecule has 8 nitrogen and oxygen atoms in total. The van der Waals surface area contributed by atoms with Crippen LogP contribution in [0.15, 0.2) is 35.7 Å². The number of nitrogens with two attached hydrogens (primary N) is 1. The summed E-state index contributed by atoms with van der Waals surface area (Å²) in [6, 6.07) is 8.74. The number of nitrogens with zero attached hydrogens (tertiary/aromatic N) is 1. The summed E-state index contributed by atoms with van der Waals surface area (Å²) in [5, 5.41) is 7.14. The highest BCUT2D eigenvalue weighted by molar-refractivity contribution is 7.13. The van der Waals surface area contributed by atoms with E-state index in [-0.39, 0.29) is 11.6 Å². The fraction of sp³-hybridized carbons (Fsp3) is 0.294. The Labute approximate surface area is 154 Å². The molecule has 0 fully saturated rings. The summed E-state index contributed by atoms with van der Waals surface area (Å²) < 4.78 is 5.19. The number of hydrogen-bond acceptors (Lipinski definition) is 7. The number of carbonyl (C=O) groups is 3. The molecule has 0 aliphatic heterocycles. The van der Waals surface area contributed by atoms with Crippen molar-refractivity contribution in [1.82, 2.24) is 10.3 Å². The van der Waals surface area contributed by atoms with Gasteiger partial charge in [-0.1, -0.05) is 44.2 Å². The summed E-state index contributed by atoms with van der Waals surface area (Å²) in [7, 11) is 0. The smallest absolute Gasteiger partial charge is 0.358 e. The number of hydrogen-bond donors (Lipinski definition) is 3. The molecule has 2 rings (SSSR count). The minimum absolute atomic E-state index is 0.0862. The van der Waals surface area contributed by atoms with Gasteiger partial charge in [0.15, 0.2) is 16.9 Å². The fourth-order valence-electron chi connectivity index (χ4n) is 2.08. The first kappa shape index (κ1) is 19.4. The third-order valence-corrected chi connectivity index (χ3v) is 4.14. The Bertz CT molecular complexity index is 776. The maximum Gasteiger partial charge on any atom is 0.358 e. The summed E-state index contributed by atoms with van der Waals surface area (Å²) in [5.74, 6) is -1.85. The summed E-state index contributed by atoms with van der Waals surface area (Å²) in [6.07, 6.45) is -1.14. The first-order chi connectivity index (χ1) is 12.4. The van der Waals surface area contributed by atoms with Crippen LogP contribution in [0.25, 0.3) is 0 Å². The molecule has 1 heterocycles. The molecular weight excluding hydrogens is 356 g/mol. The summed E-state index contributed by atoms with van der Waals surface area (Å²) in [5.41, 5.74) is 6.09. The molecule has 26 heavy (non-hydrogen) atoms. The normalized spacial score (nSPS) is 11.7. The molecule has 0 spiro atoms. The van der Waals surface area contributed by atoms with Gasteiger partial charge in [-0.15, -0.1) is 11.3 Å². The van der Waals surface area contributed by atoms with Crippen LogP contribution in [0.4, 0.5) is 9.93 Å². The minimum atomic E-state index is -1.14. The SMILES string of the molecule is CC(C)C(OC(=O)c1csc(NCc2ccccc2)n1)C(=O)NC(N)=O. The molecule has 0 radical (unpaired) electrons. The summed E-state index contributed by atoms with van der Waals surface area (Å²) >= 11 is 1.25. The average molecular weight is 376 g/mol. The molecule has 1 aromatic heterocycles. The quantitative estimate of drug-likeness (QED) is 0.636. The van der Waals surface area contributed by atoms with Crippen LogP contribution in [-0.2, 0) is 16.1 Å². The number of esters is 1. The highest BCUT2D eigenvalue weighted by atomic mass is 32.1. The number of imide groups is 1. The third kappa shape index (κ3) is 5.55. The topological polar surface area (TPSA) is 123 Å². The maximum atomic E-state index is 12.2. The number of aromatic nitrogens is 1. The van der Waals surface area contributed by atoms with Crippen LogP contribution in [0, 0.1) is 5.92 Å². The lowest BCUT2D eigenvalue weighted by Gasteiger charge is -2.19. The average Bonchev–Trinajstić information content (AvgIpc) is 3.06. The number of anilines is 1. The van der Waals surface area contributed by atoms with Crippen molar-refractivity contribution in [3.8, 4) is 0 Å². The molecule has 2 aromatic rings. The van der Waals surface area contributed by atoms with Crippen LogP contribution in [0.1, 0.15) is 29.9 Å². The van der Waals surface area contributed by atoms with Crippen molar-refractivity contribution >= 4 is 34.4 Å². The minimum Gasteiger partial charge on any atom is -0.447 e. The monoisotopic (exact) mass is 376 g/mol. The number of nitrogens with one attached hydrogen (secondary N) is 2. The molecule has 0 aliphatic carbocycles. The van der Waals surface area contributed by atoms with E-state index in [0.29, 0.717) is 11.7 Å². The molecule has 0 saturated heterocycles. The lowest BCUT2D eigenvalue weighted by atomic mass is 10.1. The van der Waals surface area contributed by atoms with Crippen LogP contribution in [0.2, 0.25) is 0 Å². The molecule has 1 aromatic carbocycles. The van der Waals surface area contributed by atoms with Crippen molar-refractivity contribution < 1.29 is 19.1 Å². The van der Waals surface area contributed by atoms with Gasteiger partial charge in [0.2, 0.25) is 0 Å². The van der Waals surface area contributed by atoms with Gasteiger partial charge in [0.1, 0.15) is 0 Å². The van der Waals surface area contributed by atoms with Crippen LogP contribution < -0.4 is 16.4 Å². The van der Waals surface area contributed by atoms with Crippen molar-refractivity contribution in [3.05, 3.63) is 47.0 Å². The van der Waals surface area contributed by atoms with Crippen molar-refractivity contribution in [2.75, 3.05) is 5.32 Å². The van der Waals surface area contributed by atoms with Gasteiger partial charge < -0.3 is 15.8 Å². The Morgan fingerprint density at radius 2 is 1.92 bits per heavy atom. The Hall–Kier alpha value is -2.94. The van der Waals surface area contributed by atoms with Gasteiger partial charge in [0.25, 0.3) is 5.91 Å². The van der Waals surface area contributed by atoms with Gasteiger partial charge in [-0.05, 0) is 11.5 Å². The van der Waals surface area contributed by atoms with Crippen molar-refractivity contribution in [1.29, 1.82) is 0 Å². The van der Waals surface area contributed by atoms with E-state index in [9.17, 15) is 14.4 Å². The second kappa shape index (κ2) is 8.95. The number of primary amides is 1. The number of urea groups is 1. The van der Waals surface area contributed by atoms with Crippen LogP contribution in [0.5, 0.6) is 0 Å². The van der Waals surface area contributed by atoms with Crippen LogP contribution >= 0.6 is 11.3 Å². The predicted octanol–water partition coefficient (Wildman–Crippen LogP) is 2.13. The van der Waals surface area contributed by atoms with E-state index in [1.807, 2.05) is 35.6 Å². The van der Waals surface area contributed by atoms with E-state index >= 15 is 0 Å². The van der Waals surface area contributed by atoms with Gasteiger partial charge in [-0.25, -0.2) is 14.6 Å². The third-order valence-electron chi connectivity index (χ3n) is 3.34. The number of rotatable bonds is 7. The number of thiazole rings is 1. The van der Waals surface area contributed by atoms with E-state index in [1.54, 1.807) is 19.2 Å². The number of benzene rings is 1. The lowest BCUT2D eigenvalue weighted by molar-refractivity contribution is -0.130. The second-order valence-electron chi connectivity index (χ2n) is 5.80. The highest BCUT2D eigenvalue weighted by Crippen LogP contribution is 2.18. The van der Waals surface area contributed by atoms with E-state index < -0.39 is 24.0 Å². The maximum absolute atomic E-state index is 12.2. The first-order valence-corrected chi connectivity index (χ1v) is 8.79. The Morgan fingerprint density at radius 3 is 2.54 bits per heavy atom. The van der Waals surface area contributed by atoms with E-state index in [4.69, 9.17) is 10.5 Å². The van der Waals surface area contributed by atoms with E-state index in [1.165, 1.54) is 11.3 Å². The molecule has 4 N–H and O–H groups in total. The van der Waals surface area contributed by atoms with Crippen molar-refractivity contribution in [3.63, 3.8) is 0 Å². The van der Waals surface area contributed by atoms with E-state index in [2.05, 4.69) is 10.3 Å². The Balaban J connectivity index is 1.97. The zero-order valence-corrected chi connectivity index (χ0v) is 15.2. The predicted molar refractivity (Wildman–Crippen MR) is 97.7 cm³/mol. The highest BCUT2D eigenvalue weighted by Gasteiger charge is 2.28. The van der Waals surface area contributed by atoms with Gasteiger partial charge >= 0.3 is 12.0 Å². The fourth-order valence-corrected chi connectivity index (χ4v) is 2.76. The van der Waals surface area contributed by atoms with Crippen LogP contribution in [-0.4, -0.2) is 29.0 Å². The van der Waals surface area contributed by atoms with Crippen LogP contribution in [0.3, 0.4) is 0 Å². The molecule has 3 amide bonds. The molecule has 1 unspecified atom stereocenters. The van der Waals surface area contributed by atoms with Gasteiger partial charge in [-0.2, -0.15) is 0 Å². The Kier molecular flexibility index (Phi) is 6.67.